The number of halogens is 3. The highest BCUT2D eigenvalue weighted by molar-refractivity contribution is 6.30. The summed E-state index contributed by atoms with van der Waals surface area (Å²) in [5, 5.41) is 20.6. The average molecular weight is 581 g/mol. The van der Waals surface area contributed by atoms with Gasteiger partial charge in [-0.2, -0.15) is 0 Å². The smallest absolute Gasteiger partial charge is 0.263 e. The Hall–Kier alpha value is -4.16. The molecule has 41 heavy (non-hydrogen) atoms. The number of benzene rings is 2. The first-order valence-electron chi connectivity index (χ1n) is 13.2. The minimum Gasteiger partial charge on any atom is -0.470 e. The molecule has 0 aliphatic carbocycles. The number of hydrogen-bond acceptors (Lipinski definition) is 8. The van der Waals surface area contributed by atoms with Crippen molar-refractivity contribution in [2.45, 2.75) is 32.0 Å². The van der Waals surface area contributed by atoms with Crippen LogP contribution < -0.4 is 15.0 Å². The summed E-state index contributed by atoms with van der Waals surface area (Å²) in [6.45, 7) is 4.53. The van der Waals surface area contributed by atoms with Crippen LogP contribution in [0.1, 0.15) is 35.0 Å². The van der Waals surface area contributed by atoms with Gasteiger partial charge in [-0.1, -0.05) is 41.1 Å². The Morgan fingerprint density at radius 3 is 2.61 bits per heavy atom. The molecule has 10 nitrogen and oxygen atoms in total. The van der Waals surface area contributed by atoms with Crippen molar-refractivity contribution in [1.29, 1.82) is 0 Å². The number of carbonyl (C=O) groups is 1. The molecule has 0 radical (unpaired) electrons. The first-order chi connectivity index (χ1) is 19.9. The number of aryl methyl sites for hydroxylation is 1. The largest absolute Gasteiger partial charge is 0.470 e. The Morgan fingerprint density at radius 2 is 1.88 bits per heavy atom. The molecule has 2 fully saturated rings. The Balaban J connectivity index is 1.08. The van der Waals surface area contributed by atoms with E-state index < -0.39 is 6.43 Å². The van der Waals surface area contributed by atoms with E-state index in [0.29, 0.717) is 60.0 Å². The second kappa shape index (κ2) is 11.4. The van der Waals surface area contributed by atoms with Crippen molar-refractivity contribution in [2.24, 2.45) is 0 Å². The van der Waals surface area contributed by atoms with Gasteiger partial charge in [0.1, 0.15) is 18.3 Å². The number of piperazine rings is 2. The summed E-state index contributed by atoms with van der Waals surface area (Å²) in [7, 11) is 0. The molecule has 2 atom stereocenters. The summed E-state index contributed by atoms with van der Waals surface area (Å²) in [4.78, 5) is 17.3. The van der Waals surface area contributed by atoms with Crippen LogP contribution in [0.15, 0.2) is 60.7 Å². The highest BCUT2D eigenvalue weighted by Gasteiger charge is 2.39. The minimum absolute atomic E-state index is 0.0247. The maximum absolute atomic E-state index is 13.0. The highest BCUT2D eigenvalue weighted by Crippen LogP contribution is 2.27. The molecule has 0 spiro atoms. The van der Waals surface area contributed by atoms with Gasteiger partial charge in [0.25, 0.3) is 6.43 Å². The maximum atomic E-state index is 13.0. The van der Waals surface area contributed by atoms with Crippen molar-refractivity contribution in [3.05, 3.63) is 88.2 Å². The van der Waals surface area contributed by atoms with Gasteiger partial charge in [-0.25, -0.2) is 13.5 Å². The van der Waals surface area contributed by atoms with Crippen LogP contribution >= 0.6 is 11.6 Å². The fourth-order valence-electron chi connectivity index (χ4n) is 5.17. The summed E-state index contributed by atoms with van der Waals surface area (Å²) in [6.07, 6.45) is -2.54. The van der Waals surface area contributed by atoms with E-state index in [-0.39, 0.29) is 30.2 Å². The number of fused-ring (bicyclic) bond motifs is 1. The second-order valence-electron chi connectivity index (χ2n) is 10.0. The van der Waals surface area contributed by atoms with E-state index in [9.17, 15) is 13.6 Å². The molecule has 2 aliphatic heterocycles. The van der Waals surface area contributed by atoms with E-state index in [1.54, 1.807) is 29.8 Å². The van der Waals surface area contributed by atoms with Gasteiger partial charge >= 0.3 is 0 Å². The van der Waals surface area contributed by atoms with Crippen LogP contribution in [-0.4, -0.2) is 68.2 Å². The lowest BCUT2D eigenvalue weighted by molar-refractivity contribution is -0.131. The van der Waals surface area contributed by atoms with Gasteiger partial charge in [0.05, 0.1) is 17.4 Å². The Kier molecular flexibility index (Phi) is 7.50. The van der Waals surface area contributed by atoms with Crippen molar-refractivity contribution in [3.63, 3.8) is 0 Å². The van der Waals surface area contributed by atoms with Gasteiger partial charge in [0, 0.05) is 42.8 Å². The maximum Gasteiger partial charge on any atom is 0.263 e. The lowest BCUT2D eigenvalue weighted by Crippen LogP contribution is -2.64. The summed E-state index contributed by atoms with van der Waals surface area (Å²) in [5.74, 6) is 0.944. The van der Waals surface area contributed by atoms with E-state index >= 15 is 0 Å². The highest BCUT2D eigenvalue weighted by atomic mass is 35.5. The number of nitrogens with zero attached hydrogens (tertiary/aromatic N) is 7. The fraction of sp³-hybridized carbons (Fsp3) is 0.321. The van der Waals surface area contributed by atoms with Crippen LogP contribution in [0.25, 0.3) is 5.69 Å². The quantitative estimate of drug-likeness (QED) is 0.351. The first kappa shape index (κ1) is 27.0. The molecule has 1 N–H and O–H groups in total. The summed E-state index contributed by atoms with van der Waals surface area (Å²) in [5.41, 5.74) is 2.84. The Labute approximate surface area is 239 Å². The van der Waals surface area contributed by atoms with Gasteiger partial charge in [-0.05, 0) is 42.8 Å². The molecule has 13 heteroatoms. The van der Waals surface area contributed by atoms with Gasteiger partial charge in [-0.3, -0.25) is 9.69 Å². The van der Waals surface area contributed by atoms with Crippen LogP contribution in [0.4, 0.5) is 14.6 Å². The van der Waals surface area contributed by atoms with E-state index in [1.807, 2.05) is 35.2 Å². The lowest BCUT2D eigenvalue weighted by atomic mass is 9.99. The number of carbonyl (C=O) groups excluding carboxylic acids is 1. The molecule has 4 heterocycles. The third-order valence-electron chi connectivity index (χ3n) is 7.43. The number of ether oxygens (including phenoxy) is 1. The molecule has 2 saturated heterocycles. The van der Waals surface area contributed by atoms with Gasteiger partial charge in [-0.15, -0.1) is 15.3 Å². The van der Waals surface area contributed by atoms with Crippen molar-refractivity contribution in [3.8, 4) is 11.6 Å². The van der Waals surface area contributed by atoms with Gasteiger partial charge < -0.3 is 15.0 Å². The minimum atomic E-state index is -2.54. The van der Waals surface area contributed by atoms with Gasteiger partial charge in [0.2, 0.25) is 11.8 Å². The normalized spacial score (nSPS) is 19.2. The zero-order valence-corrected chi connectivity index (χ0v) is 22.9. The predicted molar refractivity (Wildman–Crippen MR) is 147 cm³/mol. The number of anilines is 1. The Bertz CT molecular complexity index is 1530. The third kappa shape index (κ3) is 5.70. The number of hydrogen-bond donors (Lipinski definition) is 1. The molecular formula is C28H27ClF2N8O2. The molecule has 212 valence electrons. The third-order valence-corrected chi connectivity index (χ3v) is 7.67. The monoisotopic (exact) mass is 580 g/mol. The van der Waals surface area contributed by atoms with Crippen LogP contribution in [-0.2, 0) is 11.4 Å². The predicted octanol–water partition coefficient (Wildman–Crippen LogP) is 3.90. The molecule has 2 aromatic heterocycles. The summed E-state index contributed by atoms with van der Waals surface area (Å²) < 4.78 is 33.3. The molecule has 2 aliphatic rings. The fourth-order valence-corrected chi connectivity index (χ4v) is 5.37. The number of aromatic nitrogens is 5. The zero-order chi connectivity index (χ0) is 28.5. The molecule has 0 bridgehead atoms. The SMILES string of the molecule is Cc1nnn(-c2ccc(C(F)F)cc2)c1COc1ccc(N2CCN3CC(c4cccc(Cl)c4)NC(=O)[C@@H]3C2)nn1. The molecule has 4 aromatic rings. The molecule has 1 amide bonds. The van der Waals surface area contributed by atoms with Crippen LogP contribution in [0.3, 0.4) is 0 Å². The standard InChI is InChI=1S/C28H27ClF2N8O2/c1-17-24(39(36-33-17)21-7-5-18(6-8-21)27(30)31)16-41-26-10-9-25(34-35-26)38-12-11-37-14-22(32-28(40)23(37)15-38)19-3-2-4-20(29)13-19/h2-10,13,22-23,27H,11-12,14-16H2,1H3,(H,32,40)/t22?,23-/m0/s1. The van der Waals surface area contributed by atoms with E-state index in [1.165, 1.54) is 12.1 Å². The lowest BCUT2D eigenvalue weighted by Gasteiger charge is -2.45. The van der Waals surface area contributed by atoms with E-state index in [4.69, 9.17) is 16.3 Å². The van der Waals surface area contributed by atoms with Crippen molar-refractivity contribution >= 4 is 23.3 Å². The first-order valence-corrected chi connectivity index (χ1v) is 13.5. The average Bonchev–Trinajstić information content (AvgIpc) is 3.36. The van der Waals surface area contributed by atoms with Crippen LogP contribution in [0.2, 0.25) is 5.02 Å². The molecule has 1 unspecified atom stereocenters. The second-order valence-corrected chi connectivity index (χ2v) is 10.5. The van der Waals surface area contributed by atoms with Crippen LogP contribution in [0, 0.1) is 6.92 Å². The number of nitrogens with one attached hydrogen (secondary N) is 1. The number of amides is 1. The summed E-state index contributed by atoms with van der Waals surface area (Å²) in [6, 6.07) is 16.6. The zero-order valence-electron chi connectivity index (χ0n) is 22.1. The van der Waals surface area contributed by atoms with Crippen molar-refractivity contribution < 1.29 is 18.3 Å². The number of rotatable bonds is 7. The molecular weight excluding hydrogens is 554 g/mol. The van der Waals surface area contributed by atoms with E-state index in [2.05, 4.69) is 30.7 Å². The Morgan fingerprint density at radius 1 is 1.05 bits per heavy atom. The van der Waals surface area contributed by atoms with Gasteiger partial charge in [0.15, 0.2) is 5.82 Å². The molecule has 6 rings (SSSR count). The summed E-state index contributed by atoms with van der Waals surface area (Å²) >= 11 is 6.15. The van der Waals surface area contributed by atoms with E-state index in [0.717, 1.165) is 5.56 Å². The number of alkyl halides is 2. The topological polar surface area (TPSA) is 101 Å². The molecule has 2 aromatic carbocycles. The van der Waals surface area contributed by atoms with Crippen molar-refractivity contribution in [2.75, 3.05) is 31.1 Å². The van der Waals surface area contributed by atoms with Crippen LogP contribution in [0.5, 0.6) is 5.88 Å². The van der Waals surface area contributed by atoms with Crippen molar-refractivity contribution in [1.82, 2.24) is 35.4 Å². The molecule has 0 saturated carbocycles.